The fraction of sp³-hybridized carbons (Fsp3) is 0.579. The number of piperidine rings is 1. The first-order valence-corrected chi connectivity index (χ1v) is 8.93. The van der Waals surface area contributed by atoms with E-state index in [2.05, 4.69) is 6.92 Å². The summed E-state index contributed by atoms with van der Waals surface area (Å²) in [5, 5.41) is 0. The lowest BCUT2D eigenvalue weighted by molar-refractivity contribution is -0.134. The van der Waals surface area contributed by atoms with Crippen molar-refractivity contribution in [3.05, 3.63) is 29.8 Å². The van der Waals surface area contributed by atoms with E-state index in [0.717, 1.165) is 51.9 Å². The Hall–Kier alpha value is -2.04. The third-order valence-electron chi connectivity index (χ3n) is 4.99. The van der Waals surface area contributed by atoms with Gasteiger partial charge in [-0.05, 0) is 55.9 Å². The molecule has 24 heavy (non-hydrogen) atoms. The molecule has 2 amide bonds. The number of benzene rings is 1. The summed E-state index contributed by atoms with van der Waals surface area (Å²) in [6.45, 7) is 5.64. The Bertz CT molecular complexity index is 571. The van der Waals surface area contributed by atoms with E-state index in [1.807, 2.05) is 9.80 Å². The highest BCUT2D eigenvalue weighted by Gasteiger charge is 2.21. The molecule has 0 aromatic heterocycles. The van der Waals surface area contributed by atoms with Crippen molar-refractivity contribution >= 4 is 11.8 Å². The van der Waals surface area contributed by atoms with Gasteiger partial charge in [-0.3, -0.25) is 9.59 Å². The van der Waals surface area contributed by atoms with Gasteiger partial charge in [-0.15, -0.1) is 0 Å². The number of hydrogen-bond donors (Lipinski definition) is 0. The maximum Gasteiger partial charge on any atom is 0.260 e. The first-order chi connectivity index (χ1) is 11.6. The van der Waals surface area contributed by atoms with Crippen LogP contribution in [0.5, 0.6) is 5.75 Å². The fourth-order valence-electron chi connectivity index (χ4n) is 3.29. The average Bonchev–Trinajstić information content (AvgIpc) is 3.15. The van der Waals surface area contributed by atoms with Crippen molar-refractivity contribution in [3.8, 4) is 5.75 Å². The zero-order chi connectivity index (χ0) is 16.9. The lowest BCUT2D eigenvalue weighted by atomic mass is 9.99. The molecule has 0 saturated carbocycles. The average molecular weight is 330 g/mol. The van der Waals surface area contributed by atoms with Crippen molar-refractivity contribution in [2.75, 3.05) is 32.8 Å². The Labute approximate surface area is 143 Å². The molecule has 2 saturated heterocycles. The molecule has 1 aromatic carbocycles. The summed E-state index contributed by atoms with van der Waals surface area (Å²) in [6, 6.07) is 7.11. The van der Waals surface area contributed by atoms with Crippen LogP contribution in [0.3, 0.4) is 0 Å². The highest BCUT2D eigenvalue weighted by molar-refractivity contribution is 5.94. The molecule has 0 spiro atoms. The minimum atomic E-state index is 0.0409. The number of carbonyl (C=O) groups excluding carboxylic acids is 2. The maximum atomic E-state index is 12.3. The molecule has 3 rings (SSSR count). The van der Waals surface area contributed by atoms with Gasteiger partial charge in [0.2, 0.25) is 0 Å². The summed E-state index contributed by atoms with van der Waals surface area (Å²) in [4.78, 5) is 28.2. The monoisotopic (exact) mass is 330 g/mol. The van der Waals surface area contributed by atoms with Gasteiger partial charge in [-0.1, -0.05) is 6.92 Å². The van der Waals surface area contributed by atoms with E-state index in [9.17, 15) is 9.59 Å². The van der Waals surface area contributed by atoms with Crippen molar-refractivity contribution in [1.82, 2.24) is 9.80 Å². The smallest absolute Gasteiger partial charge is 0.260 e. The van der Waals surface area contributed by atoms with Crippen molar-refractivity contribution in [3.63, 3.8) is 0 Å². The van der Waals surface area contributed by atoms with Crippen LogP contribution in [0.1, 0.15) is 43.0 Å². The van der Waals surface area contributed by atoms with E-state index in [1.165, 1.54) is 0 Å². The largest absolute Gasteiger partial charge is 0.484 e. The van der Waals surface area contributed by atoms with Crippen LogP contribution in [0.25, 0.3) is 0 Å². The zero-order valence-electron chi connectivity index (χ0n) is 14.4. The van der Waals surface area contributed by atoms with Crippen molar-refractivity contribution in [1.29, 1.82) is 0 Å². The van der Waals surface area contributed by atoms with Crippen LogP contribution in [-0.2, 0) is 4.79 Å². The Morgan fingerprint density at radius 2 is 1.62 bits per heavy atom. The van der Waals surface area contributed by atoms with Crippen LogP contribution >= 0.6 is 0 Å². The minimum Gasteiger partial charge on any atom is -0.484 e. The third-order valence-corrected chi connectivity index (χ3v) is 4.99. The SMILES string of the molecule is CC1CCN(C(=O)COc2ccc(C(=O)N3CCCC3)cc2)CC1. The molecule has 1 aromatic rings. The highest BCUT2D eigenvalue weighted by atomic mass is 16.5. The van der Waals surface area contributed by atoms with E-state index in [-0.39, 0.29) is 18.4 Å². The molecular weight excluding hydrogens is 304 g/mol. The van der Waals surface area contributed by atoms with Crippen LogP contribution in [0.4, 0.5) is 0 Å². The molecular formula is C19H26N2O3. The van der Waals surface area contributed by atoms with Crippen LogP contribution < -0.4 is 4.74 Å². The molecule has 2 heterocycles. The molecule has 130 valence electrons. The van der Waals surface area contributed by atoms with Gasteiger partial charge in [0, 0.05) is 31.7 Å². The van der Waals surface area contributed by atoms with Crippen LogP contribution in [0.2, 0.25) is 0 Å². The van der Waals surface area contributed by atoms with Crippen LogP contribution in [-0.4, -0.2) is 54.4 Å². The molecule has 0 aliphatic carbocycles. The summed E-state index contributed by atoms with van der Waals surface area (Å²) in [5.74, 6) is 1.46. The van der Waals surface area contributed by atoms with Crippen molar-refractivity contribution in [2.45, 2.75) is 32.6 Å². The number of nitrogens with zero attached hydrogens (tertiary/aromatic N) is 2. The van der Waals surface area contributed by atoms with Crippen molar-refractivity contribution in [2.24, 2.45) is 5.92 Å². The Morgan fingerprint density at radius 1 is 1.00 bits per heavy atom. The molecule has 2 fully saturated rings. The second-order valence-electron chi connectivity index (χ2n) is 6.88. The second kappa shape index (κ2) is 7.69. The van der Waals surface area contributed by atoms with Crippen molar-refractivity contribution < 1.29 is 14.3 Å². The predicted molar refractivity (Wildman–Crippen MR) is 92.1 cm³/mol. The van der Waals surface area contributed by atoms with Gasteiger partial charge in [0.05, 0.1) is 0 Å². The normalized spacial score (nSPS) is 18.7. The Balaban J connectivity index is 1.49. The molecule has 2 aliphatic heterocycles. The summed E-state index contributed by atoms with van der Waals surface area (Å²) in [5.41, 5.74) is 0.681. The van der Waals surface area contributed by atoms with E-state index < -0.39 is 0 Å². The maximum absolute atomic E-state index is 12.3. The summed E-state index contributed by atoms with van der Waals surface area (Å²) in [6.07, 6.45) is 4.31. The fourth-order valence-corrected chi connectivity index (χ4v) is 3.29. The lowest BCUT2D eigenvalue weighted by Gasteiger charge is -2.30. The topological polar surface area (TPSA) is 49.9 Å². The number of rotatable bonds is 4. The first kappa shape index (κ1) is 16.8. The van der Waals surface area contributed by atoms with E-state index in [4.69, 9.17) is 4.74 Å². The van der Waals surface area contributed by atoms with Gasteiger partial charge < -0.3 is 14.5 Å². The van der Waals surface area contributed by atoms with Gasteiger partial charge in [0.1, 0.15) is 5.75 Å². The molecule has 0 radical (unpaired) electrons. The molecule has 0 atom stereocenters. The molecule has 0 bridgehead atoms. The quantitative estimate of drug-likeness (QED) is 0.852. The van der Waals surface area contributed by atoms with E-state index in [1.54, 1.807) is 24.3 Å². The van der Waals surface area contributed by atoms with E-state index in [0.29, 0.717) is 17.2 Å². The van der Waals surface area contributed by atoms with Gasteiger partial charge in [0.15, 0.2) is 6.61 Å². The predicted octanol–water partition coefficient (Wildman–Crippen LogP) is 2.56. The Morgan fingerprint density at radius 3 is 2.25 bits per heavy atom. The molecule has 5 heteroatoms. The van der Waals surface area contributed by atoms with E-state index >= 15 is 0 Å². The molecule has 5 nitrogen and oxygen atoms in total. The van der Waals surface area contributed by atoms with Crippen LogP contribution in [0.15, 0.2) is 24.3 Å². The standard InChI is InChI=1S/C19H26N2O3/c1-15-8-12-20(13-9-15)18(22)14-24-17-6-4-16(5-7-17)19(23)21-10-2-3-11-21/h4-7,15H,2-3,8-14H2,1H3. The van der Waals surface area contributed by atoms with Gasteiger partial charge in [-0.25, -0.2) is 0 Å². The highest BCUT2D eigenvalue weighted by Crippen LogP contribution is 2.18. The van der Waals surface area contributed by atoms with Crippen LogP contribution in [0, 0.1) is 5.92 Å². The summed E-state index contributed by atoms with van der Waals surface area (Å²) in [7, 11) is 0. The minimum absolute atomic E-state index is 0.0409. The zero-order valence-corrected chi connectivity index (χ0v) is 14.4. The molecule has 2 aliphatic rings. The number of ether oxygens (including phenoxy) is 1. The number of amides is 2. The second-order valence-corrected chi connectivity index (χ2v) is 6.88. The van der Waals surface area contributed by atoms with Gasteiger partial charge in [0.25, 0.3) is 11.8 Å². The third kappa shape index (κ3) is 4.08. The molecule has 0 N–H and O–H groups in total. The lowest BCUT2D eigenvalue weighted by Crippen LogP contribution is -2.40. The van der Waals surface area contributed by atoms with Gasteiger partial charge >= 0.3 is 0 Å². The summed E-state index contributed by atoms with van der Waals surface area (Å²) < 4.78 is 5.59. The number of hydrogen-bond acceptors (Lipinski definition) is 3. The summed E-state index contributed by atoms with van der Waals surface area (Å²) >= 11 is 0. The molecule has 0 unspecified atom stereocenters. The number of carbonyl (C=O) groups is 2. The first-order valence-electron chi connectivity index (χ1n) is 8.93. The Kier molecular flexibility index (Phi) is 5.38. The van der Waals surface area contributed by atoms with Gasteiger partial charge in [-0.2, -0.15) is 0 Å². The number of likely N-dealkylation sites (tertiary alicyclic amines) is 2.